The molecule has 0 spiro atoms. The van der Waals surface area contributed by atoms with Crippen LogP contribution in [0.4, 0.5) is 5.69 Å². The quantitative estimate of drug-likeness (QED) is 0.838. The number of anilines is 1. The maximum atomic E-state index is 11.6. The van der Waals surface area contributed by atoms with E-state index in [-0.39, 0.29) is 11.8 Å². The third-order valence-electron chi connectivity index (χ3n) is 3.16. The highest BCUT2D eigenvalue weighted by atomic mass is 35.5. The van der Waals surface area contributed by atoms with E-state index >= 15 is 0 Å². The zero-order valence-electron chi connectivity index (χ0n) is 11.8. The van der Waals surface area contributed by atoms with Gasteiger partial charge in [0.05, 0.1) is 29.4 Å². The summed E-state index contributed by atoms with van der Waals surface area (Å²) in [5, 5.41) is 13.5. The minimum absolute atomic E-state index is 0.170. The molecule has 0 bridgehead atoms. The molecule has 0 saturated heterocycles. The van der Waals surface area contributed by atoms with Gasteiger partial charge in [0.2, 0.25) is 0 Å². The van der Waals surface area contributed by atoms with Gasteiger partial charge in [-0.15, -0.1) is 0 Å². The molecule has 110 valence electrons. The Kier molecular flexibility index (Phi) is 4.70. The van der Waals surface area contributed by atoms with Gasteiger partial charge in [-0.2, -0.15) is 0 Å². The number of hydrogen-bond acceptors (Lipinski definition) is 4. The largest absolute Gasteiger partial charge is 0.508 e. The minimum atomic E-state index is -0.426. The molecule has 2 rings (SSSR count). The SMILES string of the molecule is COC(=O)c1ccc(Cl)c(NC(C)c2ccccc2O)c1. The number of carbonyl (C=O) groups excluding carboxylic acids is 1. The number of phenolic OH excluding ortho intramolecular Hbond substituents is 1. The molecule has 2 aromatic carbocycles. The molecule has 0 radical (unpaired) electrons. The fourth-order valence-electron chi connectivity index (χ4n) is 2.05. The predicted molar refractivity (Wildman–Crippen MR) is 82.9 cm³/mol. The monoisotopic (exact) mass is 305 g/mol. The molecule has 0 heterocycles. The van der Waals surface area contributed by atoms with Crippen LogP contribution in [0.5, 0.6) is 5.75 Å². The van der Waals surface area contributed by atoms with Gasteiger partial charge in [-0.3, -0.25) is 0 Å². The highest BCUT2D eigenvalue weighted by Crippen LogP contribution is 2.30. The Morgan fingerprint density at radius 2 is 2.00 bits per heavy atom. The second kappa shape index (κ2) is 6.50. The lowest BCUT2D eigenvalue weighted by molar-refractivity contribution is 0.0601. The van der Waals surface area contributed by atoms with Crippen molar-refractivity contribution in [3.05, 3.63) is 58.6 Å². The van der Waals surface area contributed by atoms with Gasteiger partial charge in [-0.25, -0.2) is 4.79 Å². The van der Waals surface area contributed by atoms with Gasteiger partial charge in [0, 0.05) is 5.56 Å². The molecule has 2 N–H and O–H groups in total. The number of nitrogens with one attached hydrogen (secondary N) is 1. The van der Waals surface area contributed by atoms with E-state index in [1.54, 1.807) is 30.3 Å². The third-order valence-corrected chi connectivity index (χ3v) is 3.49. The fraction of sp³-hybridized carbons (Fsp3) is 0.188. The molecule has 0 aliphatic rings. The van der Waals surface area contributed by atoms with Crippen LogP contribution in [-0.2, 0) is 4.74 Å². The van der Waals surface area contributed by atoms with Crippen molar-refractivity contribution in [2.75, 3.05) is 12.4 Å². The Labute approximate surface area is 128 Å². The smallest absolute Gasteiger partial charge is 0.337 e. The van der Waals surface area contributed by atoms with Crippen molar-refractivity contribution < 1.29 is 14.6 Å². The molecule has 0 fully saturated rings. The molecule has 0 aliphatic heterocycles. The highest BCUT2D eigenvalue weighted by Gasteiger charge is 2.13. The Hall–Kier alpha value is -2.20. The first-order valence-electron chi connectivity index (χ1n) is 6.45. The van der Waals surface area contributed by atoms with E-state index in [0.29, 0.717) is 16.3 Å². The summed E-state index contributed by atoms with van der Waals surface area (Å²) >= 11 is 6.14. The Balaban J connectivity index is 2.27. The number of aromatic hydroxyl groups is 1. The van der Waals surface area contributed by atoms with Crippen LogP contribution in [0.15, 0.2) is 42.5 Å². The molecule has 2 aromatic rings. The van der Waals surface area contributed by atoms with Crippen molar-refractivity contribution in [1.29, 1.82) is 0 Å². The van der Waals surface area contributed by atoms with Crippen molar-refractivity contribution in [3.63, 3.8) is 0 Å². The lowest BCUT2D eigenvalue weighted by atomic mass is 10.1. The first-order valence-corrected chi connectivity index (χ1v) is 6.83. The van der Waals surface area contributed by atoms with Gasteiger partial charge in [-0.05, 0) is 31.2 Å². The number of esters is 1. The highest BCUT2D eigenvalue weighted by molar-refractivity contribution is 6.33. The van der Waals surface area contributed by atoms with E-state index < -0.39 is 5.97 Å². The molecule has 0 amide bonds. The summed E-state index contributed by atoms with van der Waals surface area (Å²) in [7, 11) is 1.33. The number of rotatable bonds is 4. The summed E-state index contributed by atoms with van der Waals surface area (Å²) in [4.78, 5) is 11.6. The summed E-state index contributed by atoms with van der Waals surface area (Å²) in [5.41, 5.74) is 1.77. The van der Waals surface area contributed by atoms with Crippen LogP contribution in [0.3, 0.4) is 0 Å². The van der Waals surface area contributed by atoms with E-state index in [2.05, 4.69) is 5.32 Å². The van der Waals surface area contributed by atoms with Crippen LogP contribution in [0.2, 0.25) is 5.02 Å². The van der Waals surface area contributed by atoms with Crippen LogP contribution in [-0.4, -0.2) is 18.2 Å². The second-order valence-corrected chi connectivity index (χ2v) is 5.02. The number of methoxy groups -OCH3 is 1. The van der Waals surface area contributed by atoms with Gasteiger partial charge < -0.3 is 15.2 Å². The van der Waals surface area contributed by atoms with E-state index in [1.807, 2.05) is 19.1 Å². The van der Waals surface area contributed by atoms with Gasteiger partial charge in [0.25, 0.3) is 0 Å². The van der Waals surface area contributed by atoms with Gasteiger partial charge in [0.15, 0.2) is 0 Å². The van der Waals surface area contributed by atoms with Crippen molar-refractivity contribution in [2.24, 2.45) is 0 Å². The van der Waals surface area contributed by atoms with Gasteiger partial charge >= 0.3 is 5.97 Å². The lowest BCUT2D eigenvalue weighted by Gasteiger charge is -2.18. The topological polar surface area (TPSA) is 58.6 Å². The molecule has 5 heteroatoms. The van der Waals surface area contributed by atoms with Crippen molar-refractivity contribution in [3.8, 4) is 5.75 Å². The van der Waals surface area contributed by atoms with Crippen LogP contribution in [0, 0.1) is 0 Å². The summed E-state index contributed by atoms with van der Waals surface area (Å²) in [6, 6.07) is 11.8. The number of ether oxygens (including phenoxy) is 1. The molecule has 21 heavy (non-hydrogen) atoms. The lowest BCUT2D eigenvalue weighted by Crippen LogP contribution is -2.09. The second-order valence-electron chi connectivity index (χ2n) is 4.61. The number of carbonyl (C=O) groups is 1. The normalized spacial score (nSPS) is 11.8. The van der Waals surface area contributed by atoms with Crippen LogP contribution in [0.1, 0.15) is 28.9 Å². The first kappa shape index (κ1) is 15.2. The average molecular weight is 306 g/mol. The number of para-hydroxylation sites is 1. The predicted octanol–water partition coefficient (Wildman–Crippen LogP) is 4.01. The molecular weight excluding hydrogens is 290 g/mol. The van der Waals surface area contributed by atoms with E-state index in [0.717, 1.165) is 5.56 Å². The molecular formula is C16H16ClNO3. The maximum absolute atomic E-state index is 11.6. The zero-order valence-corrected chi connectivity index (χ0v) is 12.5. The first-order chi connectivity index (χ1) is 10.0. The maximum Gasteiger partial charge on any atom is 0.337 e. The summed E-state index contributed by atoms with van der Waals surface area (Å²) in [6.07, 6.45) is 0. The Morgan fingerprint density at radius 3 is 2.67 bits per heavy atom. The average Bonchev–Trinajstić information content (AvgIpc) is 2.49. The van der Waals surface area contributed by atoms with E-state index in [1.165, 1.54) is 7.11 Å². The number of benzene rings is 2. The number of hydrogen-bond donors (Lipinski definition) is 2. The van der Waals surface area contributed by atoms with Crippen molar-refractivity contribution >= 4 is 23.3 Å². The summed E-state index contributed by atoms with van der Waals surface area (Å²) < 4.78 is 4.69. The standard InChI is InChI=1S/C16H16ClNO3/c1-10(12-5-3-4-6-15(12)19)18-14-9-11(16(20)21-2)7-8-13(14)17/h3-10,18-19H,1-2H3. The summed E-state index contributed by atoms with van der Waals surface area (Å²) in [6.45, 7) is 1.90. The third kappa shape index (κ3) is 3.47. The van der Waals surface area contributed by atoms with Crippen LogP contribution in [0.25, 0.3) is 0 Å². The summed E-state index contributed by atoms with van der Waals surface area (Å²) in [5.74, 6) is -0.220. The van der Waals surface area contributed by atoms with Crippen molar-refractivity contribution in [1.82, 2.24) is 0 Å². The van der Waals surface area contributed by atoms with Crippen molar-refractivity contribution in [2.45, 2.75) is 13.0 Å². The van der Waals surface area contributed by atoms with E-state index in [9.17, 15) is 9.90 Å². The van der Waals surface area contributed by atoms with E-state index in [4.69, 9.17) is 16.3 Å². The Morgan fingerprint density at radius 1 is 1.29 bits per heavy atom. The molecule has 1 atom stereocenters. The van der Waals surface area contributed by atoms with Crippen LogP contribution < -0.4 is 5.32 Å². The van der Waals surface area contributed by atoms with Crippen LogP contribution >= 0.6 is 11.6 Å². The molecule has 0 aromatic heterocycles. The zero-order chi connectivity index (χ0) is 15.4. The Bertz CT molecular complexity index is 658. The molecule has 0 saturated carbocycles. The molecule has 0 aliphatic carbocycles. The number of phenols is 1. The molecule has 4 nitrogen and oxygen atoms in total. The fourth-order valence-corrected chi connectivity index (χ4v) is 2.22. The minimum Gasteiger partial charge on any atom is -0.508 e. The number of halogens is 1. The van der Waals surface area contributed by atoms with Gasteiger partial charge in [-0.1, -0.05) is 29.8 Å². The van der Waals surface area contributed by atoms with Gasteiger partial charge in [0.1, 0.15) is 5.75 Å². The molecule has 1 unspecified atom stereocenters.